The van der Waals surface area contributed by atoms with Crippen LogP contribution in [0.2, 0.25) is 0 Å². The number of nitrogens with two attached hydrogens (primary N) is 1. The Morgan fingerprint density at radius 1 is 1.29 bits per heavy atom. The number of aromatic nitrogens is 2. The van der Waals surface area contributed by atoms with Crippen molar-refractivity contribution in [3.8, 4) is 0 Å². The van der Waals surface area contributed by atoms with Crippen LogP contribution < -0.4 is 5.73 Å². The van der Waals surface area contributed by atoms with Crippen LogP contribution in [0, 0.1) is 5.41 Å². The molecule has 2 rings (SSSR count). The Morgan fingerprint density at radius 2 is 2.06 bits per heavy atom. The molecule has 0 spiro atoms. The molecule has 3 nitrogen and oxygen atoms in total. The van der Waals surface area contributed by atoms with Crippen molar-refractivity contribution in [3.63, 3.8) is 0 Å². The average Bonchev–Trinajstić information content (AvgIpc) is 2.55. The zero-order valence-electron chi connectivity index (χ0n) is 11.4. The number of rotatable bonds is 2. The smallest absolute Gasteiger partial charge is 0.0522 e. The van der Waals surface area contributed by atoms with Gasteiger partial charge in [-0.3, -0.25) is 4.68 Å². The van der Waals surface area contributed by atoms with Crippen LogP contribution in [-0.2, 0) is 13.5 Å². The van der Waals surface area contributed by atoms with Crippen LogP contribution in [0.4, 0.5) is 0 Å². The molecule has 1 aliphatic rings. The molecule has 2 N–H and O–H groups in total. The number of hydrogen-bond donors (Lipinski definition) is 1. The zero-order chi connectivity index (χ0) is 12.5. The maximum Gasteiger partial charge on any atom is 0.0522 e. The van der Waals surface area contributed by atoms with Crippen molar-refractivity contribution in [2.24, 2.45) is 18.2 Å². The summed E-state index contributed by atoms with van der Waals surface area (Å²) in [6.45, 7) is 4.73. The Morgan fingerprint density at radius 3 is 2.71 bits per heavy atom. The molecule has 1 atom stereocenters. The van der Waals surface area contributed by atoms with E-state index < -0.39 is 0 Å². The van der Waals surface area contributed by atoms with Gasteiger partial charge in [-0.2, -0.15) is 5.10 Å². The molecule has 0 bridgehead atoms. The largest absolute Gasteiger partial charge is 0.325 e. The Hall–Kier alpha value is -0.830. The van der Waals surface area contributed by atoms with Crippen molar-refractivity contribution in [1.29, 1.82) is 0 Å². The summed E-state index contributed by atoms with van der Waals surface area (Å²) in [4.78, 5) is 0. The van der Waals surface area contributed by atoms with Crippen molar-refractivity contribution in [1.82, 2.24) is 9.78 Å². The van der Waals surface area contributed by atoms with Crippen molar-refractivity contribution in [2.75, 3.05) is 0 Å². The van der Waals surface area contributed by atoms with Gasteiger partial charge in [0.25, 0.3) is 0 Å². The van der Waals surface area contributed by atoms with Gasteiger partial charge >= 0.3 is 0 Å². The lowest BCUT2D eigenvalue weighted by Gasteiger charge is -2.28. The molecular formula is C14H25N3. The van der Waals surface area contributed by atoms with Gasteiger partial charge in [0.15, 0.2) is 0 Å². The number of aryl methyl sites for hydroxylation is 1. The summed E-state index contributed by atoms with van der Waals surface area (Å²) < 4.78 is 1.86. The lowest BCUT2D eigenvalue weighted by atomic mass is 9.82. The summed E-state index contributed by atoms with van der Waals surface area (Å²) in [5.41, 5.74) is 8.31. The van der Waals surface area contributed by atoms with E-state index in [0.29, 0.717) is 5.41 Å². The molecule has 1 heterocycles. The fraction of sp³-hybridized carbons (Fsp3) is 0.786. The molecule has 0 saturated heterocycles. The van der Waals surface area contributed by atoms with Crippen molar-refractivity contribution in [3.05, 3.63) is 18.0 Å². The summed E-state index contributed by atoms with van der Waals surface area (Å²) >= 11 is 0. The highest BCUT2D eigenvalue weighted by molar-refractivity contribution is 5.10. The Balaban J connectivity index is 2.03. The average molecular weight is 235 g/mol. The maximum absolute atomic E-state index is 6.58. The van der Waals surface area contributed by atoms with E-state index in [-0.39, 0.29) is 5.54 Å². The second-order valence-electron chi connectivity index (χ2n) is 6.58. The Kier molecular flexibility index (Phi) is 3.30. The minimum atomic E-state index is -0.0171. The van der Waals surface area contributed by atoms with Gasteiger partial charge in [-0.1, -0.05) is 20.3 Å². The van der Waals surface area contributed by atoms with E-state index in [4.69, 9.17) is 5.73 Å². The van der Waals surface area contributed by atoms with Crippen LogP contribution >= 0.6 is 0 Å². The topological polar surface area (TPSA) is 43.8 Å². The van der Waals surface area contributed by atoms with Gasteiger partial charge in [-0.15, -0.1) is 0 Å². The van der Waals surface area contributed by atoms with E-state index in [0.717, 1.165) is 19.3 Å². The molecule has 0 aromatic carbocycles. The molecule has 96 valence electrons. The van der Waals surface area contributed by atoms with Gasteiger partial charge in [0.2, 0.25) is 0 Å². The Labute approximate surface area is 104 Å². The summed E-state index contributed by atoms with van der Waals surface area (Å²) in [5, 5.41) is 4.23. The van der Waals surface area contributed by atoms with Crippen molar-refractivity contribution < 1.29 is 0 Å². The van der Waals surface area contributed by atoms with Crippen LogP contribution in [0.15, 0.2) is 12.4 Å². The van der Waals surface area contributed by atoms with E-state index in [9.17, 15) is 0 Å². The molecule has 1 fully saturated rings. The van der Waals surface area contributed by atoms with E-state index in [1.807, 2.05) is 17.9 Å². The second-order valence-corrected chi connectivity index (χ2v) is 6.58. The molecular weight excluding hydrogens is 210 g/mol. The van der Waals surface area contributed by atoms with E-state index in [2.05, 4.69) is 25.1 Å². The highest BCUT2D eigenvalue weighted by atomic mass is 15.2. The van der Waals surface area contributed by atoms with Gasteiger partial charge in [0.1, 0.15) is 0 Å². The predicted octanol–water partition coefficient (Wildman–Crippen LogP) is 2.65. The maximum atomic E-state index is 6.58. The quantitative estimate of drug-likeness (QED) is 0.801. The van der Waals surface area contributed by atoms with E-state index in [1.165, 1.54) is 24.8 Å². The van der Waals surface area contributed by atoms with Gasteiger partial charge in [-0.25, -0.2) is 0 Å². The molecule has 1 aromatic heterocycles. The van der Waals surface area contributed by atoms with Crippen molar-refractivity contribution >= 4 is 0 Å². The minimum Gasteiger partial charge on any atom is -0.325 e. The fourth-order valence-corrected chi connectivity index (χ4v) is 2.90. The number of hydrogen-bond acceptors (Lipinski definition) is 2. The summed E-state index contributed by atoms with van der Waals surface area (Å²) in [5.74, 6) is 0. The Bertz CT molecular complexity index is 381. The van der Waals surface area contributed by atoms with Gasteiger partial charge < -0.3 is 5.73 Å². The first kappa shape index (κ1) is 12.6. The third kappa shape index (κ3) is 3.32. The van der Waals surface area contributed by atoms with E-state index >= 15 is 0 Å². The first-order valence-electron chi connectivity index (χ1n) is 6.65. The van der Waals surface area contributed by atoms with Gasteiger partial charge in [-0.05, 0) is 43.1 Å². The minimum absolute atomic E-state index is 0.0171. The lowest BCUT2D eigenvalue weighted by Crippen LogP contribution is -2.41. The highest BCUT2D eigenvalue weighted by Crippen LogP contribution is 2.38. The molecule has 1 saturated carbocycles. The van der Waals surface area contributed by atoms with Gasteiger partial charge in [0, 0.05) is 18.8 Å². The SMILES string of the molecule is Cn1cc(CC2(N)CCCC(C)(C)CC2)cn1. The van der Waals surface area contributed by atoms with Crippen molar-refractivity contribution in [2.45, 2.75) is 57.9 Å². The fourth-order valence-electron chi connectivity index (χ4n) is 2.90. The van der Waals surface area contributed by atoms with Crippen LogP contribution in [0.3, 0.4) is 0 Å². The third-order valence-corrected chi connectivity index (χ3v) is 4.14. The van der Waals surface area contributed by atoms with Crippen LogP contribution in [0.1, 0.15) is 51.5 Å². The van der Waals surface area contributed by atoms with E-state index in [1.54, 1.807) is 0 Å². The molecule has 1 aliphatic carbocycles. The predicted molar refractivity (Wildman–Crippen MR) is 70.7 cm³/mol. The molecule has 0 amide bonds. The summed E-state index contributed by atoms with van der Waals surface area (Å²) in [7, 11) is 1.96. The third-order valence-electron chi connectivity index (χ3n) is 4.14. The number of nitrogens with zero attached hydrogens (tertiary/aromatic N) is 2. The zero-order valence-corrected chi connectivity index (χ0v) is 11.4. The molecule has 17 heavy (non-hydrogen) atoms. The monoisotopic (exact) mass is 235 g/mol. The normalized spacial score (nSPS) is 28.9. The van der Waals surface area contributed by atoms with Crippen LogP contribution in [-0.4, -0.2) is 15.3 Å². The summed E-state index contributed by atoms with van der Waals surface area (Å²) in [6.07, 6.45) is 11.1. The molecule has 3 heteroatoms. The molecule has 0 aliphatic heterocycles. The van der Waals surface area contributed by atoms with Crippen LogP contribution in [0.5, 0.6) is 0 Å². The van der Waals surface area contributed by atoms with Gasteiger partial charge in [0.05, 0.1) is 6.20 Å². The first-order valence-corrected chi connectivity index (χ1v) is 6.65. The van der Waals surface area contributed by atoms with Crippen LogP contribution in [0.25, 0.3) is 0 Å². The molecule has 1 aromatic rings. The summed E-state index contributed by atoms with van der Waals surface area (Å²) in [6, 6.07) is 0. The molecule has 1 unspecified atom stereocenters. The standard InChI is InChI=1S/C14H25N3/c1-13(2)5-4-6-14(15,8-7-13)9-12-10-16-17(3)11-12/h10-11H,4-9,15H2,1-3H3. The lowest BCUT2D eigenvalue weighted by molar-refractivity contribution is 0.297. The second kappa shape index (κ2) is 4.45. The first-order chi connectivity index (χ1) is 7.89. The molecule has 0 radical (unpaired) electrons. The highest BCUT2D eigenvalue weighted by Gasteiger charge is 2.32.